The molecule has 0 saturated carbocycles. The average Bonchev–Trinajstić information content (AvgIpc) is 3.27. The Balaban J connectivity index is 4.42. The van der Waals surface area contributed by atoms with Crippen molar-refractivity contribution in [3.05, 3.63) is 72.9 Å². The van der Waals surface area contributed by atoms with Crippen molar-refractivity contribution in [3.63, 3.8) is 0 Å². The van der Waals surface area contributed by atoms with Gasteiger partial charge in [0.15, 0.2) is 6.10 Å². The highest BCUT2D eigenvalue weighted by Crippen LogP contribution is 2.14. The van der Waals surface area contributed by atoms with Gasteiger partial charge >= 0.3 is 17.9 Å². The lowest BCUT2D eigenvalue weighted by atomic mass is 10.1. The van der Waals surface area contributed by atoms with Gasteiger partial charge in [0.2, 0.25) is 0 Å². The second-order valence-electron chi connectivity index (χ2n) is 17.0. The van der Waals surface area contributed by atoms with E-state index in [2.05, 4.69) is 93.7 Å². The quantitative estimate of drug-likeness (QED) is 0.0262. The maximum atomic E-state index is 12.8. The lowest BCUT2D eigenvalue weighted by molar-refractivity contribution is -0.167. The summed E-state index contributed by atoms with van der Waals surface area (Å²) >= 11 is 0. The molecule has 0 aromatic carbocycles. The second-order valence-corrected chi connectivity index (χ2v) is 17.0. The van der Waals surface area contributed by atoms with Gasteiger partial charge in [-0.2, -0.15) is 0 Å². The van der Waals surface area contributed by atoms with Crippen LogP contribution in [0.5, 0.6) is 0 Å². The van der Waals surface area contributed by atoms with Crippen LogP contribution in [0.4, 0.5) is 0 Å². The van der Waals surface area contributed by atoms with Gasteiger partial charge < -0.3 is 14.2 Å². The molecule has 356 valence electrons. The standard InChI is InChI=1S/C56H96O6/c1-4-7-10-13-16-19-22-25-27-28-30-31-34-37-40-43-46-49-55(58)61-52-53(51-60-54(57)48-45-42-39-36-33-24-21-18-15-12-9-6-3)62-56(59)50-47-44-41-38-35-32-29-26-23-20-17-14-11-8-5-2/h8,11,16-21,25-27,29,53H,4-7,9-10,12-15,22-24,28,30-52H2,1-3H3/b11-8-,19-16-,20-17-,21-18-,27-25-,29-26-/t53-/m1/s1. The topological polar surface area (TPSA) is 78.9 Å². The molecule has 6 nitrogen and oxygen atoms in total. The number of allylic oxidation sites excluding steroid dienone is 12. The number of esters is 3. The molecule has 0 saturated heterocycles. The zero-order valence-corrected chi connectivity index (χ0v) is 40.6. The van der Waals surface area contributed by atoms with Gasteiger partial charge in [-0.1, -0.05) is 190 Å². The zero-order chi connectivity index (χ0) is 45.1. The van der Waals surface area contributed by atoms with Crippen molar-refractivity contribution in [2.24, 2.45) is 0 Å². The smallest absolute Gasteiger partial charge is 0.306 e. The highest BCUT2D eigenvalue weighted by molar-refractivity contribution is 5.71. The van der Waals surface area contributed by atoms with Crippen LogP contribution in [0.1, 0.15) is 245 Å². The Hall–Kier alpha value is -3.15. The molecule has 0 heterocycles. The second kappa shape index (κ2) is 50.5. The fraction of sp³-hybridized carbons (Fsp3) is 0.732. The molecule has 6 heteroatoms. The van der Waals surface area contributed by atoms with E-state index >= 15 is 0 Å². The fourth-order valence-electron chi connectivity index (χ4n) is 7.01. The molecular formula is C56H96O6. The summed E-state index contributed by atoms with van der Waals surface area (Å²) in [5.41, 5.74) is 0. The lowest BCUT2D eigenvalue weighted by Crippen LogP contribution is -2.30. The molecular weight excluding hydrogens is 769 g/mol. The molecule has 0 N–H and O–H groups in total. The third-order valence-corrected chi connectivity index (χ3v) is 10.9. The first-order valence-corrected chi connectivity index (χ1v) is 25.9. The highest BCUT2D eigenvalue weighted by atomic mass is 16.6. The minimum Gasteiger partial charge on any atom is -0.462 e. The molecule has 0 spiro atoms. The molecule has 1 atom stereocenters. The van der Waals surface area contributed by atoms with Crippen LogP contribution < -0.4 is 0 Å². The minimum absolute atomic E-state index is 0.0895. The van der Waals surface area contributed by atoms with Gasteiger partial charge in [-0.15, -0.1) is 0 Å². The van der Waals surface area contributed by atoms with Crippen molar-refractivity contribution in [2.75, 3.05) is 13.2 Å². The van der Waals surface area contributed by atoms with E-state index in [0.717, 1.165) is 116 Å². The van der Waals surface area contributed by atoms with Gasteiger partial charge in [0.25, 0.3) is 0 Å². The Morgan fingerprint density at radius 3 is 1.00 bits per heavy atom. The first-order chi connectivity index (χ1) is 30.5. The van der Waals surface area contributed by atoms with Gasteiger partial charge in [0.05, 0.1) is 0 Å². The van der Waals surface area contributed by atoms with E-state index in [1.165, 1.54) is 89.9 Å². The Bertz CT molecular complexity index is 1180. The van der Waals surface area contributed by atoms with E-state index in [-0.39, 0.29) is 31.1 Å². The predicted molar refractivity (Wildman–Crippen MR) is 265 cm³/mol. The normalized spacial score (nSPS) is 12.6. The number of ether oxygens (including phenoxy) is 3. The number of hydrogen-bond acceptors (Lipinski definition) is 6. The van der Waals surface area contributed by atoms with Crippen molar-refractivity contribution in [3.8, 4) is 0 Å². The fourth-order valence-corrected chi connectivity index (χ4v) is 7.01. The Labute approximate surface area is 382 Å². The van der Waals surface area contributed by atoms with Gasteiger partial charge in [-0.05, 0) is 109 Å². The summed E-state index contributed by atoms with van der Waals surface area (Å²) in [4.78, 5) is 38.0. The molecule has 0 bridgehead atoms. The van der Waals surface area contributed by atoms with Gasteiger partial charge in [-0.25, -0.2) is 0 Å². The SMILES string of the molecule is CC/C=C\C/C=C\C/C=C\CCCCCCCC(=O)O[C@H](COC(=O)CCCCCCC/C=C\CCCCC)COC(=O)CCCCCCCCC/C=C\C/C=C\CCCCC. The molecule has 0 fully saturated rings. The Morgan fingerprint density at radius 2 is 0.629 bits per heavy atom. The van der Waals surface area contributed by atoms with Crippen LogP contribution in [0.2, 0.25) is 0 Å². The lowest BCUT2D eigenvalue weighted by Gasteiger charge is -2.18. The van der Waals surface area contributed by atoms with Crippen molar-refractivity contribution in [2.45, 2.75) is 252 Å². The first kappa shape index (κ1) is 58.9. The summed E-state index contributed by atoms with van der Waals surface area (Å²) in [6.45, 7) is 6.45. The predicted octanol–water partition coefficient (Wildman–Crippen LogP) is 17.0. The molecule has 0 aliphatic heterocycles. The number of carbonyl (C=O) groups excluding carboxylic acids is 3. The van der Waals surface area contributed by atoms with Crippen LogP contribution in [0, 0.1) is 0 Å². The summed E-state index contributed by atoms with van der Waals surface area (Å²) in [5, 5.41) is 0. The summed E-state index contributed by atoms with van der Waals surface area (Å²) in [6, 6.07) is 0. The summed E-state index contributed by atoms with van der Waals surface area (Å²) in [5.74, 6) is -0.922. The van der Waals surface area contributed by atoms with Crippen molar-refractivity contribution >= 4 is 17.9 Å². The highest BCUT2D eigenvalue weighted by Gasteiger charge is 2.19. The summed E-state index contributed by atoms with van der Waals surface area (Å²) in [7, 11) is 0. The van der Waals surface area contributed by atoms with Gasteiger partial charge in [0.1, 0.15) is 13.2 Å². The maximum Gasteiger partial charge on any atom is 0.306 e. The van der Waals surface area contributed by atoms with Crippen LogP contribution in [-0.2, 0) is 28.6 Å². The van der Waals surface area contributed by atoms with Gasteiger partial charge in [0, 0.05) is 19.3 Å². The molecule has 0 aliphatic carbocycles. The van der Waals surface area contributed by atoms with E-state index in [4.69, 9.17) is 14.2 Å². The van der Waals surface area contributed by atoms with Gasteiger partial charge in [-0.3, -0.25) is 14.4 Å². The van der Waals surface area contributed by atoms with Crippen LogP contribution in [-0.4, -0.2) is 37.2 Å². The van der Waals surface area contributed by atoms with E-state index in [0.29, 0.717) is 19.3 Å². The third kappa shape index (κ3) is 47.9. The van der Waals surface area contributed by atoms with E-state index in [9.17, 15) is 14.4 Å². The van der Waals surface area contributed by atoms with Crippen LogP contribution in [0.3, 0.4) is 0 Å². The van der Waals surface area contributed by atoms with E-state index in [1.54, 1.807) is 0 Å². The molecule has 0 aromatic heterocycles. The molecule has 62 heavy (non-hydrogen) atoms. The number of unbranched alkanes of at least 4 members (excludes halogenated alkanes) is 23. The van der Waals surface area contributed by atoms with Crippen molar-refractivity contribution in [1.29, 1.82) is 0 Å². The van der Waals surface area contributed by atoms with Crippen LogP contribution in [0.15, 0.2) is 72.9 Å². The summed E-state index contributed by atoms with van der Waals surface area (Å²) < 4.78 is 16.8. The molecule has 0 aromatic rings. The monoisotopic (exact) mass is 865 g/mol. The molecule has 0 aliphatic rings. The minimum atomic E-state index is -0.790. The van der Waals surface area contributed by atoms with Crippen molar-refractivity contribution in [1.82, 2.24) is 0 Å². The van der Waals surface area contributed by atoms with Crippen LogP contribution in [0.25, 0.3) is 0 Å². The van der Waals surface area contributed by atoms with E-state index < -0.39 is 6.10 Å². The Kier molecular flexibility index (Phi) is 47.9. The van der Waals surface area contributed by atoms with Crippen molar-refractivity contribution < 1.29 is 28.6 Å². The Morgan fingerprint density at radius 1 is 0.339 bits per heavy atom. The third-order valence-electron chi connectivity index (χ3n) is 10.9. The molecule has 0 radical (unpaired) electrons. The van der Waals surface area contributed by atoms with Crippen LogP contribution >= 0.6 is 0 Å². The number of hydrogen-bond donors (Lipinski definition) is 0. The van der Waals surface area contributed by atoms with E-state index in [1.807, 2.05) is 0 Å². The zero-order valence-electron chi connectivity index (χ0n) is 40.6. The molecule has 0 amide bonds. The largest absolute Gasteiger partial charge is 0.462 e. The summed E-state index contributed by atoms with van der Waals surface area (Å²) in [6.07, 6.45) is 63.1. The number of rotatable bonds is 46. The molecule has 0 unspecified atom stereocenters. The number of carbonyl (C=O) groups is 3. The molecule has 0 rings (SSSR count). The maximum absolute atomic E-state index is 12.8. The average molecular weight is 865 g/mol. The first-order valence-electron chi connectivity index (χ1n) is 25.9.